The molecule has 0 amide bonds. The van der Waals surface area contributed by atoms with Gasteiger partial charge >= 0.3 is 0 Å². The van der Waals surface area contributed by atoms with Crippen molar-refractivity contribution in [2.45, 2.75) is 73.1 Å². The van der Waals surface area contributed by atoms with E-state index in [0.29, 0.717) is 28.1 Å². The molecule has 312 valence electrons. The molecule has 0 spiro atoms. The smallest absolute Gasteiger partial charge is 0.149 e. The van der Waals surface area contributed by atoms with Crippen LogP contribution in [0.2, 0.25) is 0 Å². The minimum Gasteiger partial charge on any atom is -0.507 e. The molecule has 9 aromatic rings. The largest absolute Gasteiger partial charge is 0.507 e. The molecule has 0 saturated heterocycles. The van der Waals surface area contributed by atoms with Crippen LogP contribution in [-0.2, 0) is 10.8 Å². The topological polar surface area (TPSA) is 50.9 Å². The van der Waals surface area contributed by atoms with Gasteiger partial charge in [-0.05, 0) is 136 Å². The lowest BCUT2D eigenvalue weighted by Crippen LogP contribution is -2.17. The fourth-order valence-corrected chi connectivity index (χ4v) is 8.75. The number of rotatable bonds is 7. The van der Waals surface area contributed by atoms with Gasteiger partial charge in [0.15, 0.2) is 0 Å². The molecule has 63 heavy (non-hydrogen) atoms. The Morgan fingerprint density at radius 3 is 1.83 bits per heavy atom. The van der Waals surface area contributed by atoms with E-state index < -0.39 is 12.3 Å². The number of imidazole rings is 1. The maximum Gasteiger partial charge on any atom is 0.149 e. The van der Waals surface area contributed by atoms with Gasteiger partial charge in [0.2, 0.25) is 0 Å². The Bertz CT molecular complexity index is 3260. The number of hydrogen-bond acceptors (Lipinski definition) is 3. The van der Waals surface area contributed by atoms with Crippen molar-refractivity contribution in [3.05, 3.63) is 192 Å². The predicted octanol–water partition coefficient (Wildman–Crippen LogP) is 15.6. The standard InChI is InChI=1S/C59H55N3O/c1-37-27-38(2)29-44(28-37)43-25-26-60-52(34-43)47-32-45(41-19-14-11-15-20-41)31-46(33-47)49-21-16-22-54-55(49)61-57(50-35-48(58(4,5)6)36-51(56(50)63)59(7,8)9)62(54)53-24-23-42(30-39(53)3)40-17-12-10-13-18-40/h10-36,63H,1-9H3/i3D3. The molecule has 0 fully saturated rings. The van der Waals surface area contributed by atoms with Crippen LogP contribution >= 0.6 is 0 Å². The summed E-state index contributed by atoms with van der Waals surface area (Å²) in [4.78, 5) is 10.5. The fourth-order valence-electron chi connectivity index (χ4n) is 8.75. The lowest BCUT2D eigenvalue weighted by Gasteiger charge is -2.27. The summed E-state index contributed by atoms with van der Waals surface area (Å²) < 4.78 is 28.8. The molecule has 4 heteroatoms. The maximum atomic E-state index is 12.5. The van der Waals surface area contributed by atoms with Crippen LogP contribution in [0.1, 0.15) is 73.5 Å². The van der Waals surface area contributed by atoms with Crippen molar-refractivity contribution >= 4 is 11.0 Å². The van der Waals surface area contributed by atoms with Crippen molar-refractivity contribution in [1.29, 1.82) is 0 Å². The van der Waals surface area contributed by atoms with Gasteiger partial charge in [-0.1, -0.05) is 156 Å². The lowest BCUT2D eigenvalue weighted by atomic mass is 9.79. The third-order valence-electron chi connectivity index (χ3n) is 12.0. The molecule has 0 saturated carbocycles. The zero-order valence-corrected chi connectivity index (χ0v) is 37.4. The van der Waals surface area contributed by atoms with E-state index in [1.807, 2.05) is 89.6 Å². The summed E-state index contributed by atoms with van der Waals surface area (Å²) >= 11 is 0. The molecule has 0 aliphatic heterocycles. The molecule has 0 unspecified atom stereocenters. The first-order valence-corrected chi connectivity index (χ1v) is 21.7. The van der Waals surface area contributed by atoms with E-state index in [9.17, 15) is 5.11 Å². The average molecular weight is 825 g/mol. The van der Waals surface area contributed by atoms with Gasteiger partial charge in [-0.25, -0.2) is 4.98 Å². The van der Waals surface area contributed by atoms with Crippen LogP contribution in [0.4, 0.5) is 0 Å². The Kier molecular flexibility index (Phi) is 9.58. The quantitative estimate of drug-likeness (QED) is 0.174. The van der Waals surface area contributed by atoms with E-state index in [1.54, 1.807) is 6.07 Å². The SMILES string of the molecule is [2H]C([2H])([2H])c1cc(-c2ccccc2)ccc1-n1c(-c2cc(C(C)(C)C)cc(C(C)(C)C)c2O)nc2c(-c3cc(-c4ccccc4)cc(-c4cc(-c5cc(C)cc(C)c5)ccn4)c3)cccc21. The number of phenols is 1. The van der Waals surface area contributed by atoms with Gasteiger partial charge in [0.1, 0.15) is 11.6 Å². The predicted molar refractivity (Wildman–Crippen MR) is 265 cm³/mol. The van der Waals surface area contributed by atoms with Crippen LogP contribution < -0.4 is 0 Å². The maximum absolute atomic E-state index is 12.5. The molecule has 1 N–H and O–H groups in total. The monoisotopic (exact) mass is 824 g/mol. The zero-order valence-electron chi connectivity index (χ0n) is 40.4. The first-order valence-electron chi connectivity index (χ1n) is 23.2. The third-order valence-corrected chi connectivity index (χ3v) is 12.0. The molecule has 7 aromatic carbocycles. The van der Waals surface area contributed by atoms with Gasteiger partial charge in [0, 0.05) is 27.0 Å². The summed E-state index contributed by atoms with van der Waals surface area (Å²) in [7, 11) is 0. The second-order valence-electron chi connectivity index (χ2n) is 18.9. The number of hydrogen-bond donors (Lipinski definition) is 1. The highest BCUT2D eigenvalue weighted by Gasteiger charge is 2.29. The van der Waals surface area contributed by atoms with Crippen LogP contribution in [0.3, 0.4) is 0 Å². The highest BCUT2D eigenvalue weighted by Crippen LogP contribution is 2.45. The molecular formula is C59H55N3O. The lowest BCUT2D eigenvalue weighted by molar-refractivity contribution is 0.446. The van der Waals surface area contributed by atoms with Crippen LogP contribution in [0.5, 0.6) is 5.75 Å². The van der Waals surface area contributed by atoms with E-state index in [-0.39, 0.29) is 16.7 Å². The van der Waals surface area contributed by atoms with Crippen LogP contribution in [-0.4, -0.2) is 19.6 Å². The molecular weight excluding hydrogens is 767 g/mol. The number of benzene rings is 7. The van der Waals surface area contributed by atoms with E-state index >= 15 is 0 Å². The summed E-state index contributed by atoms with van der Waals surface area (Å²) in [5.74, 6) is 0.569. The Hall–Kier alpha value is -7.04. The molecule has 0 atom stereocenters. The molecule has 2 aromatic heterocycles. The van der Waals surface area contributed by atoms with Crippen molar-refractivity contribution in [3.63, 3.8) is 0 Å². The molecule has 0 radical (unpaired) electrons. The number of aromatic hydroxyl groups is 1. The molecule has 0 aliphatic rings. The van der Waals surface area contributed by atoms with Gasteiger partial charge in [-0.3, -0.25) is 9.55 Å². The summed E-state index contributed by atoms with van der Waals surface area (Å²) in [5, 5.41) is 12.5. The second kappa shape index (κ2) is 16.0. The number of phenolic OH excluding ortho intramolecular Hbond substituents is 1. The number of pyridine rings is 1. The number of nitrogens with zero attached hydrogens (tertiary/aromatic N) is 3. The number of fused-ring (bicyclic) bond motifs is 1. The van der Waals surface area contributed by atoms with Crippen molar-refractivity contribution < 1.29 is 9.22 Å². The molecule has 0 aliphatic carbocycles. The summed E-state index contributed by atoms with van der Waals surface area (Å²) in [5.41, 5.74) is 15.7. The minimum absolute atomic E-state index is 0.119. The normalized spacial score (nSPS) is 12.9. The molecule has 4 nitrogen and oxygen atoms in total. The van der Waals surface area contributed by atoms with Gasteiger partial charge in [0.25, 0.3) is 0 Å². The highest BCUT2D eigenvalue weighted by molar-refractivity contribution is 5.98. The number of para-hydroxylation sites is 1. The second-order valence-corrected chi connectivity index (χ2v) is 18.9. The third kappa shape index (κ3) is 8.10. The van der Waals surface area contributed by atoms with Crippen molar-refractivity contribution in [1.82, 2.24) is 14.5 Å². The Labute approximate surface area is 376 Å². The van der Waals surface area contributed by atoms with Gasteiger partial charge in [0.05, 0.1) is 28.0 Å². The molecule has 9 rings (SSSR count). The van der Waals surface area contributed by atoms with Gasteiger partial charge in [-0.2, -0.15) is 0 Å². The average Bonchev–Trinajstić information content (AvgIpc) is 3.67. The summed E-state index contributed by atoms with van der Waals surface area (Å²) in [6.07, 6.45) is 1.88. The number of aryl methyl sites for hydroxylation is 3. The molecule has 0 bridgehead atoms. The van der Waals surface area contributed by atoms with Crippen LogP contribution in [0.15, 0.2) is 164 Å². The van der Waals surface area contributed by atoms with Crippen molar-refractivity contribution in [2.75, 3.05) is 0 Å². The summed E-state index contributed by atoms with van der Waals surface area (Å²) in [6.45, 7) is 14.5. The Balaban J connectivity index is 1.35. The van der Waals surface area contributed by atoms with Crippen LogP contribution in [0.25, 0.3) is 83.9 Å². The van der Waals surface area contributed by atoms with Crippen LogP contribution in [0, 0.1) is 20.7 Å². The molecule has 2 heterocycles. The fraction of sp³-hybridized carbons (Fsp3) is 0.186. The Morgan fingerprint density at radius 1 is 0.524 bits per heavy atom. The Morgan fingerprint density at radius 2 is 1.16 bits per heavy atom. The number of aromatic nitrogens is 3. The van der Waals surface area contributed by atoms with E-state index in [2.05, 4.69) is 128 Å². The van der Waals surface area contributed by atoms with E-state index in [0.717, 1.165) is 66.9 Å². The minimum atomic E-state index is -2.49. The van der Waals surface area contributed by atoms with Gasteiger partial charge < -0.3 is 5.11 Å². The first-order chi connectivity index (χ1) is 31.3. The van der Waals surface area contributed by atoms with Crippen molar-refractivity contribution in [3.8, 4) is 78.6 Å². The van der Waals surface area contributed by atoms with E-state index in [1.165, 1.54) is 11.1 Å². The first kappa shape index (κ1) is 37.7. The van der Waals surface area contributed by atoms with Gasteiger partial charge in [-0.15, -0.1) is 0 Å². The highest BCUT2D eigenvalue weighted by atomic mass is 16.3. The summed E-state index contributed by atoms with van der Waals surface area (Å²) in [6, 6.07) is 53.4. The van der Waals surface area contributed by atoms with E-state index in [4.69, 9.17) is 14.1 Å². The van der Waals surface area contributed by atoms with Crippen molar-refractivity contribution in [2.24, 2.45) is 0 Å². The zero-order chi connectivity index (χ0) is 46.7.